The molecule has 0 saturated heterocycles. The fourth-order valence-corrected chi connectivity index (χ4v) is 3.61. The van der Waals surface area contributed by atoms with E-state index in [1.54, 1.807) is 12.1 Å². The molecule has 106 valence electrons. The van der Waals surface area contributed by atoms with Gasteiger partial charge in [0.25, 0.3) is 0 Å². The van der Waals surface area contributed by atoms with E-state index in [4.69, 9.17) is 34.8 Å². The average Bonchev–Trinajstić information content (AvgIpc) is 2.36. The molecule has 1 fully saturated rings. The lowest BCUT2D eigenvalue weighted by Gasteiger charge is -2.33. The predicted molar refractivity (Wildman–Crippen MR) is 84.3 cm³/mol. The molecule has 0 aliphatic heterocycles. The summed E-state index contributed by atoms with van der Waals surface area (Å²) < 4.78 is 0. The Hall–Kier alpha value is 0.0500. The Morgan fingerprint density at radius 2 is 1.79 bits per heavy atom. The van der Waals surface area contributed by atoms with Gasteiger partial charge in [-0.2, -0.15) is 0 Å². The number of halogens is 3. The summed E-state index contributed by atoms with van der Waals surface area (Å²) in [5, 5.41) is 5.40. The van der Waals surface area contributed by atoms with Crippen molar-refractivity contribution in [3.8, 4) is 0 Å². The molecule has 0 spiro atoms. The normalized spacial score (nSPS) is 27.5. The van der Waals surface area contributed by atoms with Gasteiger partial charge in [-0.05, 0) is 43.2 Å². The van der Waals surface area contributed by atoms with E-state index < -0.39 is 0 Å². The summed E-state index contributed by atoms with van der Waals surface area (Å²) in [4.78, 5) is 0. The Labute approximate surface area is 130 Å². The Bertz CT molecular complexity index is 447. The van der Waals surface area contributed by atoms with Crippen molar-refractivity contribution in [3.63, 3.8) is 0 Å². The van der Waals surface area contributed by atoms with Crippen LogP contribution in [0.4, 0.5) is 0 Å². The predicted octanol–water partition coefficient (Wildman–Crippen LogP) is 5.56. The molecule has 19 heavy (non-hydrogen) atoms. The lowest BCUT2D eigenvalue weighted by molar-refractivity contribution is 0.227. The van der Waals surface area contributed by atoms with Crippen LogP contribution in [0.2, 0.25) is 15.1 Å². The van der Waals surface area contributed by atoms with Crippen LogP contribution >= 0.6 is 34.8 Å². The monoisotopic (exact) mass is 319 g/mol. The van der Waals surface area contributed by atoms with E-state index in [0.717, 1.165) is 11.5 Å². The first-order valence-electron chi connectivity index (χ1n) is 6.84. The van der Waals surface area contributed by atoms with Crippen LogP contribution in [-0.4, -0.2) is 6.04 Å². The van der Waals surface area contributed by atoms with Crippen LogP contribution in [0, 0.1) is 11.8 Å². The summed E-state index contributed by atoms with van der Waals surface area (Å²) in [5.74, 6) is 1.53. The maximum atomic E-state index is 6.22. The van der Waals surface area contributed by atoms with Crippen LogP contribution in [0.5, 0.6) is 0 Å². The van der Waals surface area contributed by atoms with Crippen molar-refractivity contribution < 1.29 is 0 Å². The highest BCUT2D eigenvalue weighted by molar-refractivity contribution is 6.44. The van der Waals surface area contributed by atoms with Gasteiger partial charge in [0, 0.05) is 23.2 Å². The van der Waals surface area contributed by atoms with E-state index in [1.807, 2.05) is 0 Å². The van der Waals surface area contributed by atoms with Crippen molar-refractivity contribution in [1.29, 1.82) is 0 Å². The summed E-state index contributed by atoms with van der Waals surface area (Å²) in [7, 11) is 0. The van der Waals surface area contributed by atoms with Crippen molar-refractivity contribution in [2.45, 2.75) is 45.7 Å². The number of benzene rings is 1. The van der Waals surface area contributed by atoms with E-state index in [0.29, 0.717) is 33.6 Å². The van der Waals surface area contributed by atoms with E-state index in [-0.39, 0.29) is 0 Å². The topological polar surface area (TPSA) is 12.0 Å². The van der Waals surface area contributed by atoms with Crippen LogP contribution in [0.25, 0.3) is 0 Å². The van der Waals surface area contributed by atoms with E-state index in [1.165, 1.54) is 19.3 Å². The van der Waals surface area contributed by atoms with Gasteiger partial charge in [-0.3, -0.25) is 0 Å². The lowest BCUT2D eigenvalue weighted by atomic mass is 9.80. The van der Waals surface area contributed by atoms with Gasteiger partial charge in [-0.25, -0.2) is 0 Å². The fourth-order valence-electron chi connectivity index (χ4n) is 2.93. The number of hydrogen-bond donors (Lipinski definition) is 1. The van der Waals surface area contributed by atoms with Crippen molar-refractivity contribution in [2.75, 3.05) is 0 Å². The zero-order valence-corrected chi connectivity index (χ0v) is 13.6. The Morgan fingerprint density at radius 1 is 1.11 bits per heavy atom. The third kappa shape index (κ3) is 3.78. The lowest BCUT2D eigenvalue weighted by Crippen LogP contribution is -2.38. The van der Waals surface area contributed by atoms with Crippen LogP contribution < -0.4 is 5.32 Å². The zero-order valence-electron chi connectivity index (χ0n) is 11.3. The third-order valence-corrected chi connectivity index (χ3v) is 5.31. The summed E-state index contributed by atoms with van der Waals surface area (Å²) in [6, 6.07) is 4.09. The first-order valence-corrected chi connectivity index (χ1v) is 7.98. The van der Waals surface area contributed by atoms with E-state index in [9.17, 15) is 0 Å². The number of nitrogens with one attached hydrogen (secondary N) is 1. The molecule has 1 aromatic carbocycles. The SMILES string of the molecule is CC1CCC(NCc2c(Cl)ccc(Cl)c2Cl)C(C)C1. The number of rotatable bonds is 3. The molecule has 1 aromatic rings. The highest BCUT2D eigenvalue weighted by Gasteiger charge is 2.25. The number of hydrogen-bond acceptors (Lipinski definition) is 1. The minimum atomic E-state index is 0.544. The van der Waals surface area contributed by atoms with Gasteiger partial charge < -0.3 is 5.32 Å². The second-order valence-corrected chi connectivity index (χ2v) is 6.90. The quantitative estimate of drug-likeness (QED) is 0.719. The van der Waals surface area contributed by atoms with E-state index >= 15 is 0 Å². The first kappa shape index (κ1) is 15.4. The van der Waals surface area contributed by atoms with Crippen LogP contribution in [-0.2, 0) is 6.54 Å². The molecular formula is C15H20Cl3N. The Balaban J connectivity index is 2.01. The maximum Gasteiger partial charge on any atom is 0.0652 e. The third-order valence-electron chi connectivity index (χ3n) is 4.11. The van der Waals surface area contributed by atoms with Crippen molar-refractivity contribution >= 4 is 34.8 Å². The van der Waals surface area contributed by atoms with Gasteiger partial charge in [0.2, 0.25) is 0 Å². The van der Waals surface area contributed by atoms with Crippen molar-refractivity contribution in [3.05, 3.63) is 32.8 Å². The van der Waals surface area contributed by atoms with Gasteiger partial charge in [0.15, 0.2) is 0 Å². The van der Waals surface area contributed by atoms with Gasteiger partial charge in [-0.15, -0.1) is 0 Å². The van der Waals surface area contributed by atoms with Gasteiger partial charge in [-0.1, -0.05) is 48.7 Å². The van der Waals surface area contributed by atoms with Gasteiger partial charge in [0.05, 0.1) is 10.0 Å². The highest BCUT2D eigenvalue weighted by atomic mass is 35.5. The molecule has 0 bridgehead atoms. The van der Waals surface area contributed by atoms with Crippen LogP contribution in [0.15, 0.2) is 12.1 Å². The second kappa shape index (κ2) is 6.67. The first-order chi connectivity index (χ1) is 8.99. The maximum absolute atomic E-state index is 6.22. The van der Waals surface area contributed by atoms with Crippen molar-refractivity contribution in [1.82, 2.24) is 5.32 Å². The molecule has 1 saturated carbocycles. The van der Waals surface area contributed by atoms with E-state index in [2.05, 4.69) is 19.2 Å². The molecule has 0 radical (unpaired) electrons. The standard InChI is InChI=1S/C15H20Cl3N/c1-9-3-6-14(10(2)7-9)19-8-11-12(16)4-5-13(17)15(11)18/h4-5,9-10,14,19H,3,6-8H2,1-2H3. The molecule has 0 heterocycles. The van der Waals surface area contributed by atoms with Crippen LogP contribution in [0.1, 0.15) is 38.7 Å². The summed E-state index contributed by atoms with van der Waals surface area (Å²) in [6.07, 6.45) is 3.80. The fraction of sp³-hybridized carbons (Fsp3) is 0.600. The molecule has 4 heteroatoms. The average molecular weight is 321 g/mol. The molecule has 0 amide bonds. The Kier molecular flexibility index (Phi) is 5.42. The highest BCUT2D eigenvalue weighted by Crippen LogP contribution is 2.33. The molecule has 0 aromatic heterocycles. The zero-order chi connectivity index (χ0) is 14.0. The minimum absolute atomic E-state index is 0.544. The summed E-state index contributed by atoms with van der Waals surface area (Å²) >= 11 is 18.5. The largest absolute Gasteiger partial charge is 0.310 e. The molecular weight excluding hydrogens is 301 g/mol. The van der Waals surface area contributed by atoms with Crippen molar-refractivity contribution in [2.24, 2.45) is 11.8 Å². The molecule has 1 nitrogen and oxygen atoms in total. The van der Waals surface area contributed by atoms with Gasteiger partial charge in [0.1, 0.15) is 0 Å². The molecule has 3 unspecified atom stereocenters. The summed E-state index contributed by atoms with van der Waals surface area (Å²) in [5.41, 5.74) is 0.904. The smallest absolute Gasteiger partial charge is 0.0652 e. The Morgan fingerprint density at radius 3 is 2.47 bits per heavy atom. The van der Waals surface area contributed by atoms with Crippen LogP contribution in [0.3, 0.4) is 0 Å². The molecule has 3 atom stereocenters. The molecule has 1 N–H and O–H groups in total. The molecule has 1 aliphatic rings. The second-order valence-electron chi connectivity index (χ2n) is 5.70. The molecule has 2 rings (SSSR count). The van der Waals surface area contributed by atoms with Gasteiger partial charge >= 0.3 is 0 Å². The summed E-state index contributed by atoms with van der Waals surface area (Å²) in [6.45, 7) is 5.33. The molecule has 1 aliphatic carbocycles. The minimum Gasteiger partial charge on any atom is -0.310 e.